The van der Waals surface area contributed by atoms with E-state index in [1.807, 2.05) is 0 Å². The Bertz CT molecular complexity index is 995. The number of hydrogen-bond donors (Lipinski definition) is 1. The first kappa shape index (κ1) is 19.3. The molecule has 5 nitrogen and oxygen atoms in total. The van der Waals surface area contributed by atoms with E-state index in [1.54, 1.807) is 19.1 Å². The number of pyridine rings is 1. The van der Waals surface area contributed by atoms with Gasteiger partial charge in [-0.05, 0) is 30.7 Å². The molecule has 0 amide bonds. The summed E-state index contributed by atoms with van der Waals surface area (Å²) in [6.45, 7) is 1.59. The number of ether oxygens (including phenoxy) is 1. The maximum Gasteiger partial charge on any atom is 0.573 e. The number of rotatable bonds is 4. The average Bonchev–Trinajstić information content (AvgIpc) is 2.68. The number of alkyl halides is 3. The minimum absolute atomic E-state index is 0.275. The fourth-order valence-electron chi connectivity index (χ4n) is 2.58. The molecule has 28 heavy (non-hydrogen) atoms. The summed E-state index contributed by atoms with van der Waals surface area (Å²) >= 11 is 0. The predicted octanol–water partition coefficient (Wildman–Crippen LogP) is 3.70. The summed E-state index contributed by atoms with van der Waals surface area (Å²) in [5, 5.41) is 11.0. The second-order valence-electron chi connectivity index (χ2n) is 5.72. The molecule has 0 aliphatic heterocycles. The van der Waals surface area contributed by atoms with Crippen molar-refractivity contribution in [2.45, 2.75) is 18.9 Å². The van der Waals surface area contributed by atoms with Crippen LogP contribution in [0.25, 0.3) is 11.1 Å². The van der Waals surface area contributed by atoms with Gasteiger partial charge in [0.1, 0.15) is 12.1 Å². The first-order chi connectivity index (χ1) is 13.3. The largest absolute Gasteiger partial charge is 0.573 e. The van der Waals surface area contributed by atoms with Crippen LogP contribution in [-0.4, -0.2) is 26.4 Å². The highest BCUT2D eigenvalue weighted by atomic mass is 19.4. The lowest BCUT2D eigenvalue weighted by Crippen LogP contribution is -2.27. The zero-order valence-electron chi connectivity index (χ0n) is 14.6. The number of benzene rings is 1. The van der Waals surface area contributed by atoms with Crippen molar-refractivity contribution >= 4 is 0 Å². The second-order valence-corrected chi connectivity index (χ2v) is 5.72. The molecule has 3 rings (SSSR count). The molecule has 0 saturated carbocycles. The van der Waals surface area contributed by atoms with E-state index in [0.29, 0.717) is 16.7 Å². The minimum atomic E-state index is -4.74. The summed E-state index contributed by atoms with van der Waals surface area (Å²) in [6, 6.07) is 8.69. The standard InChI is InChI=1S/C20H14F3N3O2/c1-2-9-19(27,16-11-24-13-25-12-16)18-8-5-15(10-26-18)14-3-6-17(7-4-14)28-20(21,22)23/h3-8,10-13,27H,1H3. The van der Waals surface area contributed by atoms with Crippen molar-refractivity contribution in [1.82, 2.24) is 15.0 Å². The highest BCUT2D eigenvalue weighted by Gasteiger charge is 2.32. The third-order valence-corrected chi connectivity index (χ3v) is 3.84. The number of aliphatic hydroxyl groups is 1. The molecule has 1 atom stereocenters. The van der Waals surface area contributed by atoms with Crippen LogP contribution >= 0.6 is 0 Å². The van der Waals surface area contributed by atoms with Gasteiger partial charge in [-0.15, -0.1) is 19.1 Å². The van der Waals surface area contributed by atoms with Gasteiger partial charge in [0, 0.05) is 29.7 Å². The summed E-state index contributed by atoms with van der Waals surface area (Å²) in [5.41, 5.74) is 0.259. The van der Waals surface area contributed by atoms with Gasteiger partial charge in [0.05, 0.1) is 5.69 Å². The minimum Gasteiger partial charge on any atom is -0.406 e. The van der Waals surface area contributed by atoms with Gasteiger partial charge >= 0.3 is 6.36 Å². The van der Waals surface area contributed by atoms with E-state index in [-0.39, 0.29) is 11.4 Å². The van der Waals surface area contributed by atoms with Crippen LogP contribution in [0.5, 0.6) is 5.75 Å². The smallest absolute Gasteiger partial charge is 0.406 e. The lowest BCUT2D eigenvalue weighted by atomic mass is 9.92. The first-order valence-corrected chi connectivity index (χ1v) is 8.06. The van der Waals surface area contributed by atoms with Gasteiger partial charge in [0.2, 0.25) is 0 Å². The van der Waals surface area contributed by atoms with Gasteiger partial charge in [-0.25, -0.2) is 9.97 Å². The van der Waals surface area contributed by atoms with E-state index in [4.69, 9.17) is 0 Å². The van der Waals surface area contributed by atoms with Crippen LogP contribution in [0.2, 0.25) is 0 Å². The third-order valence-electron chi connectivity index (χ3n) is 3.84. The predicted molar refractivity (Wildman–Crippen MR) is 94.8 cm³/mol. The Morgan fingerprint density at radius 2 is 1.57 bits per heavy atom. The Morgan fingerprint density at radius 3 is 2.11 bits per heavy atom. The Hall–Kier alpha value is -3.44. The molecule has 0 fully saturated rings. The molecule has 2 aromatic heterocycles. The second kappa shape index (κ2) is 7.66. The Balaban J connectivity index is 1.89. The molecule has 8 heteroatoms. The van der Waals surface area contributed by atoms with Crippen molar-refractivity contribution in [2.75, 3.05) is 0 Å². The molecular formula is C20H14F3N3O2. The van der Waals surface area contributed by atoms with Gasteiger partial charge in [-0.1, -0.05) is 24.1 Å². The Kier molecular flexibility index (Phi) is 5.29. The normalized spacial score (nSPS) is 13.2. The van der Waals surface area contributed by atoms with Crippen LogP contribution in [0.4, 0.5) is 13.2 Å². The van der Waals surface area contributed by atoms with Crippen LogP contribution in [-0.2, 0) is 5.60 Å². The molecule has 1 aromatic carbocycles. The van der Waals surface area contributed by atoms with Crippen molar-refractivity contribution in [3.8, 4) is 28.7 Å². The molecule has 1 N–H and O–H groups in total. The number of nitrogens with zero attached hydrogens (tertiary/aromatic N) is 3. The fraction of sp³-hybridized carbons (Fsp3) is 0.150. The molecule has 142 valence electrons. The number of halogens is 3. The molecule has 0 aliphatic carbocycles. The molecule has 0 bridgehead atoms. The number of aromatic nitrogens is 3. The first-order valence-electron chi connectivity index (χ1n) is 8.06. The monoisotopic (exact) mass is 385 g/mol. The van der Waals surface area contributed by atoms with Gasteiger partial charge in [-0.3, -0.25) is 4.98 Å². The highest BCUT2D eigenvalue weighted by molar-refractivity contribution is 5.63. The van der Waals surface area contributed by atoms with Crippen LogP contribution in [0.15, 0.2) is 61.3 Å². The van der Waals surface area contributed by atoms with E-state index in [0.717, 1.165) is 0 Å². The summed E-state index contributed by atoms with van der Waals surface area (Å²) < 4.78 is 40.6. The summed E-state index contributed by atoms with van der Waals surface area (Å²) in [6.07, 6.45) is 1.00. The Labute approximate surface area is 158 Å². The fourth-order valence-corrected chi connectivity index (χ4v) is 2.58. The molecule has 0 aliphatic rings. The van der Waals surface area contributed by atoms with E-state index >= 15 is 0 Å². The van der Waals surface area contributed by atoms with Crippen molar-refractivity contribution in [3.63, 3.8) is 0 Å². The van der Waals surface area contributed by atoms with Crippen molar-refractivity contribution in [1.29, 1.82) is 0 Å². The highest BCUT2D eigenvalue weighted by Crippen LogP contribution is 2.30. The Morgan fingerprint density at radius 1 is 0.929 bits per heavy atom. The topological polar surface area (TPSA) is 68.1 Å². The van der Waals surface area contributed by atoms with Crippen LogP contribution in [0.1, 0.15) is 18.2 Å². The molecule has 0 saturated heterocycles. The maximum atomic E-state index is 12.2. The van der Waals surface area contributed by atoms with Gasteiger partial charge in [-0.2, -0.15) is 0 Å². The van der Waals surface area contributed by atoms with Crippen molar-refractivity contribution in [2.24, 2.45) is 0 Å². The summed E-state index contributed by atoms with van der Waals surface area (Å²) in [7, 11) is 0. The lowest BCUT2D eigenvalue weighted by molar-refractivity contribution is -0.274. The van der Waals surface area contributed by atoms with Crippen LogP contribution in [0.3, 0.4) is 0 Å². The van der Waals surface area contributed by atoms with Crippen LogP contribution in [0, 0.1) is 11.8 Å². The van der Waals surface area contributed by atoms with Gasteiger partial charge in [0.25, 0.3) is 0 Å². The SMILES string of the molecule is CC#CC(O)(c1cncnc1)c1ccc(-c2ccc(OC(F)(F)F)cc2)cn1. The van der Waals surface area contributed by atoms with Crippen molar-refractivity contribution in [3.05, 3.63) is 72.6 Å². The van der Waals surface area contributed by atoms with Gasteiger partial charge < -0.3 is 9.84 Å². The quantitative estimate of drug-likeness (QED) is 0.694. The lowest BCUT2D eigenvalue weighted by Gasteiger charge is -2.21. The van der Waals surface area contributed by atoms with E-state index < -0.39 is 12.0 Å². The third kappa shape index (κ3) is 4.27. The molecule has 0 radical (unpaired) electrons. The molecular weight excluding hydrogens is 371 g/mol. The molecule has 3 aromatic rings. The molecule has 1 unspecified atom stereocenters. The zero-order valence-corrected chi connectivity index (χ0v) is 14.6. The molecule has 2 heterocycles. The van der Waals surface area contributed by atoms with Crippen molar-refractivity contribution < 1.29 is 23.0 Å². The van der Waals surface area contributed by atoms with E-state index in [2.05, 4.69) is 31.5 Å². The number of hydrogen-bond acceptors (Lipinski definition) is 5. The maximum absolute atomic E-state index is 12.2. The summed E-state index contributed by atoms with van der Waals surface area (Å²) in [4.78, 5) is 12.1. The van der Waals surface area contributed by atoms with E-state index in [9.17, 15) is 18.3 Å². The molecule has 0 spiro atoms. The van der Waals surface area contributed by atoms with E-state index in [1.165, 1.54) is 49.2 Å². The average molecular weight is 385 g/mol. The van der Waals surface area contributed by atoms with Crippen LogP contribution < -0.4 is 4.74 Å². The summed E-state index contributed by atoms with van der Waals surface area (Å²) in [5.74, 6) is 5.09. The van der Waals surface area contributed by atoms with Gasteiger partial charge in [0.15, 0.2) is 5.60 Å². The zero-order chi connectivity index (χ0) is 20.2.